The molecule has 0 aliphatic heterocycles. The Morgan fingerprint density at radius 1 is 1.25 bits per heavy atom. The van der Waals surface area contributed by atoms with Crippen LogP contribution in [0.25, 0.3) is 0 Å². The Balaban J connectivity index is 3.68. The van der Waals surface area contributed by atoms with Gasteiger partial charge in [-0.2, -0.15) is 0 Å². The first-order valence-corrected chi connectivity index (χ1v) is 7.70. The molecule has 2 heteroatoms. The van der Waals surface area contributed by atoms with Crippen LogP contribution in [-0.2, 0) is 0 Å². The topological polar surface area (TPSA) is 12.0 Å². The molecule has 1 N–H and O–H groups in total. The highest BCUT2D eigenvalue weighted by molar-refractivity contribution is 6.60. The normalized spacial score (nSPS) is 16.0. The molecule has 0 amide bonds. The number of hydrogen-bond donors (Lipinski definition) is 1. The zero-order valence-corrected chi connectivity index (χ0v) is 10.3. The molecule has 2 unspecified atom stereocenters. The van der Waals surface area contributed by atoms with Gasteiger partial charge in [-0.05, 0) is 19.6 Å². The molecule has 74 valence electrons. The molecule has 0 saturated carbocycles. The molecule has 0 saturated heterocycles. The van der Waals surface area contributed by atoms with Crippen molar-refractivity contribution in [2.45, 2.75) is 51.2 Å². The summed E-state index contributed by atoms with van der Waals surface area (Å²) in [6.07, 6.45) is 2.78. The number of hydrogen-bond acceptors (Lipinski definition) is 1. The summed E-state index contributed by atoms with van der Waals surface area (Å²) in [7, 11) is 1.66. The van der Waals surface area contributed by atoms with Crippen LogP contribution < -0.4 is 5.32 Å². The van der Waals surface area contributed by atoms with Gasteiger partial charge in [-0.1, -0.05) is 45.2 Å². The van der Waals surface area contributed by atoms with Gasteiger partial charge in [-0.3, -0.25) is 0 Å². The molecule has 0 aliphatic rings. The van der Waals surface area contributed by atoms with Crippen molar-refractivity contribution in [1.82, 2.24) is 5.32 Å². The smallest absolute Gasteiger partial charge is 0.0408 e. The van der Waals surface area contributed by atoms with Gasteiger partial charge in [0, 0.05) is 8.80 Å². The lowest BCUT2D eigenvalue weighted by Gasteiger charge is -2.20. The van der Waals surface area contributed by atoms with Crippen LogP contribution in [-0.4, -0.2) is 22.4 Å². The molecule has 0 fully saturated rings. The molecule has 0 spiro atoms. The first-order chi connectivity index (χ1) is 5.76. The third-order valence-electron chi connectivity index (χ3n) is 2.87. The lowest BCUT2D eigenvalue weighted by Crippen LogP contribution is -2.23. The second kappa shape index (κ2) is 7.81. The van der Waals surface area contributed by atoms with Crippen molar-refractivity contribution in [3.05, 3.63) is 0 Å². The largest absolute Gasteiger partial charge is 0.320 e. The Labute approximate surface area is 79.6 Å². The summed E-state index contributed by atoms with van der Waals surface area (Å²) < 4.78 is 0. The Bertz CT molecular complexity index is 95.8. The van der Waals surface area contributed by atoms with E-state index in [9.17, 15) is 0 Å². The zero-order chi connectivity index (χ0) is 9.40. The van der Waals surface area contributed by atoms with Crippen LogP contribution in [0.1, 0.15) is 33.6 Å². The van der Waals surface area contributed by atoms with Crippen LogP contribution in [0.5, 0.6) is 0 Å². The van der Waals surface area contributed by atoms with E-state index in [-0.39, 0.29) is 0 Å². The summed E-state index contributed by atoms with van der Waals surface area (Å²) in [4.78, 5) is 0. The predicted octanol–water partition coefficient (Wildman–Crippen LogP) is 2.64. The maximum atomic E-state index is 3.27. The Morgan fingerprint density at radius 2 is 1.92 bits per heavy atom. The van der Waals surface area contributed by atoms with Crippen LogP contribution >= 0.6 is 0 Å². The van der Waals surface area contributed by atoms with Crippen molar-refractivity contribution in [3.63, 3.8) is 0 Å². The van der Waals surface area contributed by atoms with Gasteiger partial charge in [-0.25, -0.2) is 0 Å². The first kappa shape index (κ1) is 12.2. The van der Waals surface area contributed by atoms with E-state index >= 15 is 0 Å². The van der Waals surface area contributed by atoms with Gasteiger partial charge in [0.1, 0.15) is 0 Å². The van der Waals surface area contributed by atoms with E-state index in [0.717, 1.165) is 5.54 Å². The summed E-state index contributed by atoms with van der Waals surface area (Å²) in [6.45, 7) is 8.34. The summed E-state index contributed by atoms with van der Waals surface area (Å²) in [5.74, 6) is 0. The minimum Gasteiger partial charge on any atom is -0.320 e. The summed E-state index contributed by atoms with van der Waals surface area (Å²) in [5.41, 5.74) is 1.04. The molecule has 2 atom stereocenters. The quantitative estimate of drug-likeness (QED) is 0.604. The zero-order valence-electron chi connectivity index (χ0n) is 9.19. The van der Waals surface area contributed by atoms with Crippen molar-refractivity contribution in [1.29, 1.82) is 0 Å². The van der Waals surface area contributed by atoms with E-state index in [1.807, 2.05) is 0 Å². The SMILES string of the molecule is CCC[SiH](CCNC)C(C)CC. The summed E-state index contributed by atoms with van der Waals surface area (Å²) >= 11 is 0. The van der Waals surface area contributed by atoms with Crippen LogP contribution in [0.2, 0.25) is 17.6 Å². The predicted molar refractivity (Wildman–Crippen MR) is 60.7 cm³/mol. The molecule has 0 heterocycles. The van der Waals surface area contributed by atoms with Crippen LogP contribution in [0.15, 0.2) is 0 Å². The average molecular weight is 187 g/mol. The molecule has 1 nitrogen and oxygen atoms in total. The lowest BCUT2D eigenvalue weighted by molar-refractivity contribution is 0.798. The molecule has 0 aromatic heterocycles. The van der Waals surface area contributed by atoms with Gasteiger partial charge in [0.25, 0.3) is 0 Å². The van der Waals surface area contributed by atoms with Crippen molar-refractivity contribution in [3.8, 4) is 0 Å². The van der Waals surface area contributed by atoms with Crippen molar-refractivity contribution < 1.29 is 0 Å². The fourth-order valence-electron chi connectivity index (χ4n) is 1.75. The van der Waals surface area contributed by atoms with Gasteiger partial charge in [0.15, 0.2) is 0 Å². The van der Waals surface area contributed by atoms with Gasteiger partial charge in [0.2, 0.25) is 0 Å². The van der Waals surface area contributed by atoms with Crippen molar-refractivity contribution >= 4 is 8.80 Å². The standard InChI is InChI=1S/C10H25NSi/c1-5-8-12(9-7-11-4)10(3)6-2/h10-12H,5-9H2,1-4H3. The first-order valence-electron chi connectivity index (χ1n) is 5.40. The van der Waals surface area contributed by atoms with Crippen LogP contribution in [0, 0.1) is 0 Å². The van der Waals surface area contributed by atoms with Gasteiger partial charge in [0.05, 0.1) is 0 Å². The number of rotatable bonds is 7. The highest BCUT2D eigenvalue weighted by Crippen LogP contribution is 2.20. The molecule has 0 radical (unpaired) electrons. The maximum absolute atomic E-state index is 3.27. The molecule has 12 heavy (non-hydrogen) atoms. The summed E-state index contributed by atoms with van der Waals surface area (Å²) in [6, 6.07) is 3.02. The van der Waals surface area contributed by atoms with E-state index in [0.29, 0.717) is 0 Å². The van der Waals surface area contributed by atoms with E-state index in [1.54, 1.807) is 0 Å². The van der Waals surface area contributed by atoms with Crippen molar-refractivity contribution in [2.24, 2.45) is 0 Å². The molecule has 0 rings (SSSR count). The van der Waals surface area contributed by atoms with E-state index in [4.69, 9.17) is 0 Å². The molecule has 0 aromatic rings. The number of nitrogens with one attached hydrogen (secondary N) is 1. The molecular formula is C10H25NSi. The Kier molecular flexibility index (Phi) is 7.92. The summed E-state index contributed by atoms with van der Waals surface area (Å²) in [5, 5.41) is 3.27. The monoisotopic (exact) mass is 187 g/mol. The van der Waals surface area contributed by atoms with Gasteiger partial charge >= 0.3 is 0 Å². The third-order valence-corrected chi connectivity index (χ3v) is 7.30. The van der Waals surface area contributed by atoms with Gasteiger partial charge in [-0.15, -0.1) is 0 Å². The molecule has 0 aromatic carbocycles. The Morgan fingerprint density at radius 3 is 2.33 bits per heavy atom. The molecule has 0 bridgehead atoms. The van der Waals surface area contributed by atoms with Gasteiger partial charge < -0.3 is 5.32 Å². The van der Waals surface area contributed by atoms with Crippen LogP contribution in [0.3, 0.4) is 0 Å². The fraction of sp³-hybridized carbons (Fsp3) is 1.00. The minimum atomic E-state index is -0.408. The van der Waals surface area contributed by atoms with E-state index < -0.39 is 8.80 Å². The maximum Gasteiger partial charge on any atom is 0.0408 e. The Hall–Kier alpha value is 0.177. The fourth-order valence-corrected chi connectivity index (χ4v) is 5.24. The minimum absolute atomic E-state index is 0.408. The van der Waals surface area contributed by atoms with E-state index in [2.05, 4.69) is 33.1 Å². The second-order valence-corrected chi connectivity index (χ2v) is 7.64. The van der Waals surface area contributed by atoms with E-state index in [1.165, 1.54) is 31.5 Å². The average Bonchev–Trinajstić information content (AvgIpc) is 2.11. The third kappa shape index (κ3) is 4.94. The lowest BCUT2D eigenvalue weighted by atomic mass is 10.4. The van der Waals surface area contributed by atoms with Crippen molar-refractivity contribution in [2.75, 3.05) is 13.6 Å². The molecular weight excluding hydrogens is 162 g/mol. The highest BCUT2D eigenvalue weighted by Gasteiger charge is 2.15. The van der Waals surface area contributed by atoms with Crippen LogP contribution in [0.4, 0.5) is 0 Å². The second-order valence-electron chi connectivity index (χ2n) is 3.83. The molecule has 0 aliphatic carbocycles. The highest BCUT2D eigenvalue weighted by atomic mass is 28.3.